The second kappa shape index (κ2) is 10.3. The number of amides is 2. The number of aliphatic hydroxyl groups excluding tert-OH is 1. The second-order valence-corrected chi connectivity index (χ2v) is 14.9. The maximum Gasteiger partial charge on any atom is 0.318 e. The van der Waals surface area contributed by atoms with Crippen LogP contribution in [0, 0.1) is 29.6 Å². The van der Waals surface area contributed by atoms with Crippen LogP contribution in [0.3, 0.4) is 0 Å². The fourth-order valence-corrected chi connectivity index (χ4v) is 9.55. The zero-order valence-electron chi connectivity index (χ0n) is 24.7. The average Bonchev–Trinajstić information content (AvgIpc) is 3.20. The summed E-state index contributed by atoms with van der Waals surface area (Å²) in [7, 11) is 0. The van der Waals surface area contributed by atoms with E-state index >= 15 is 0 Å². The van der Waals surface area contributed by atoms with Crippen molar-refractivity contribution < 1.29 is 14.6 Å². The molecule has 8 heteroatoms. The van der Waals surface area contributed by atoms with Crippen molar-refractivity contribution in [2.24, 2.45) is 29.6 Å². The third kappa shape index (κ3) is 4.97. The average molecular weight is 552 g/mol. The highest BCUT2D eigenvalue weighted by Gasteiger charge is 2.54. The third-order valence-corrected chi connectivity index (χ3v) is 11.5. The highest BCUT2D eigenvalue weighted by atomic mass is 16.5. The van der Waals surface area contributed by atoms with Crippen LogP contribution in [0.5, 0.6) is 5.88 Å². The summed E-state index contributed by atoms with van der Waals surface area (Å²) in [6.45, 7) is 11.8. The monoisotopic (exact) mass is 551 g/mol. The molecule has 220 valence electrons. The van der Waals surface area contributed by atoms with E-state index in [4.69, 9.17) is 4.74 Å². The van der Waals surface area contributed by atoms with Gasteiger partial charge in [0.05, 0.1) is 24.6 Å². The lowest BCUT2D eigenvalue weighted by Gasteiger charge is -2.56. The van der Waals surface area contributed by atoms with Crippen LogP contribution in [-0.4, -0.2) is 88.5 Å². The number of fused-ring (bicyclic) bond motifs is 2. The van der Waals surface area contributed by atoms with Gasteiger partial charge in [-0.15, -0.1) is 0 Å². The molecule has 2 atom stereocenters. The summed E-state index contributed by atoms with van der Waals surface area (Å²) in [6.07, 6.45) is 10.5. The van der Waals surface area contributed by atoms with Gasteiger partial charge < -0.3 is 25.0 Å². The summed E-state index contributed by atoms with van der Waals surface area (Å²) in [4.78, 5) is 25.4. The molecule has 7 aliphatic rings. The van der Waals surface area contributed by atoms with Gasteiger partial charge in [0.2, 0.25) is 5.88 Å². The molecular formula is C32H49N5O3. The molecule has 8 nitrogen and oxygen atoms in total. The molecule has 2 unspecified atom stereocenters. The molecule has 0 spiro atoms. The Bertz CT molecular complexity index is 1020. The summed E-state index contributed by atoms with van der Waals surface area (Å²) in [5.41, 5.74) is 1.40. The number of pyridine rings is 1. The summed E-state index contributed by atoms with van der Waals surface area (Å²) in [5.74, 6) is 3.23. The largest absolute Gasteiger partial charge is 0.477 e. The lowest BCUT2D eigenvalue weighted by Crippen LogP contribution is -2.62. The first kappa shape index (κ1) is 26.8. The van der Waals surface area contributed by atoms with Crippen molar-refractivity contribution in [3.05, 3.63) is 18.3 Å². The summed E-state index contributed by atoms with van der Waals surface area (Å²) < 4.78 is 6.19. The van der Waals surface area contributed by atoms with E-state index in [2.05, 4.69) is 51.8 Å². The molecule has 40 heavy (non-hydrogen) atoms. The highest BCUT2D eigenvalue weighted by molar-refractivity contribution is 5.76. The lowest BCUT2D eigenvalue weighted by molar-refractivity contribution is -0.106. The minimum atomic E-state index is -0.0936. The van der Waals surface area contributed by atoms with Gasteiger partial charge in [-0.2, -0.15) is 0 Å². The Balaban J connectivity index is 0.889. The summed E-state index contributed by atoms with van der Waals surface area (Å²) >= 11 is 0. The van der Waals surface area contributed by atoms with E-state index in [0.29, 0.717) is 60.2 Å². The smallest absolute Gasteiger partial charge is 0.318 e. The first-order chi connectivity index (χ1) is 19.2. The van der Waals surface area contributed by atoms with Crippen molar-refractivity contribution in [1.29, 1.82) is 0 Å². The van der Waals surface area contributed by atoms with Crippen molar-refractivity contribution in [2.45, 2.75) is 102 Å². The van der Waals surface area contributed by atoms with Crippen LogP contribution in [0.25, 0.3) is 0 Å². The fourth-order valence-electron chi connectivity index (χ4n) is 9.55. The van der Waals surface area contributed by atoms with Crippen molar-refractivity contribution in [1.82, 2.24) is 20.1 Å². The molecular weight excluding hydrogens is 502 g/mol. The van der Waals surface area contributed by atoms with Gasteiger partial charge in [-0.05, 0) is 108 Å². The summed E-state index contributed by atoms with van der Waals surface area (Å²) in [6, 6.07) is 5.31. The Hall–Kier alpha value is -2.06. The van der Waals surface area contributed by atoms with E-state index in [1.54, 1.807) is 0 Å². The van der Waals surface area contributed by atoms with E-state index in [1.165, 1.54) is 5.69 Å². The minimum absolute atomic E-state index is 0.0936. The molecule has 2 N–H and O–H groups in total. The SMILES string of the molecule is CC(C)(C)N1CCN(c2ccc(OCC3CC4CCC(C3)N4C(=O)NC3C4CC5CC3CC(C4)C5O)nc2)CC1. The molecule has 8 rings (SSSR count). The number of hydrogen-bond donors (Lipinski definition) is 2. The fraction of sp³-hybridized carbons (Fsp3) is 0.812. The van der Waals surface area contributed by atoms with Gasteiger partial charge in [0.15, 0.2) is 0 Å². The maximum atomic E-state index is 13.5. The number of hydrogen-bond acceptors (Lipinski definition) is 6. The standard InChI is InChI=1S/C32H49N5O3/c1-32(2,3)36-10-8-35(9-11-36)27-6-7-28(33-18-27)40-19-20-12-25-4-5-26(13-20)37(25)31(39)34-29-21-14-23-16-22(29)17-24(15-21)30(23)38/h6-7,18,20-26,29-30,38H,4-5,8-17,19H2,1-3H3,(H,34,39). The predicted molar refractivity (Wildman–Crippen MR) is 155 cm³/mol. The van der Waals surface area contributed by atoms with Gasteiger partial charge in [0, 0.05) is 55.9 Å². The van der Waals surface area contributed by atoms with Crippen molar-refractivity contribution in [2.75, 3.05) is 37.7 Å². The Morgan fingerprint density at radius 2 is 1.57 bits per heavy atom. The zero-order chi connectivity index (χ0) is 27.6. The quantitative estimate of drug-likeness (QED) is 0.573. The third-order valence-electron chi connectivity index (χ3n) is 11.5. The number of piperidine rings is 1. The van der Waals surface area contributed by atoms with Crippen molar-refractivity contribution >= 4 is 11.7 Å². The van der Waals surface area contributed by atoms with Crippen LogP contribution < -0.4 is 15.0 Å². The van der Waals surface area contributed by atoms with Gasteiger partial charge in [0.1, 0.15) is 0 Å². The number of anilines is 1. The number of nitrogens with one attached hydrogen (secondary N) is 1. The lowest BCUT2D eigenvalue weighted by atomic mass is 9.53. The van der Waals surface area contributed by atoms with Gasteiger partial charge >= 0.3 is 6.03 Å². The van der Waals surface area contributed by atoms with E-state index in [0.717, 1.165) is 77.5 Å². The highest BCUT2D eigenvalue weighted by Crippen LogP contribution is 2.54. The normalized spacial score (nSPS) is 39.0. The van der Waals surface area contributed by atoms with Crippen LogP contribution in [0.2, 0.25) is 0 Å². The van der Waals surface area contributed by atoms with E-state index in [9.17, 15) is 9.90 Å². The first-order valence-corrected chi connectivity index (χ1v) is 16.1. The van der Waals surface area contributed by atoms with E-state index < -0.39 is 0 Å². The van der Waals surface area contributed by atoms with Gasteiger partial charge in [-0.25, -0.2) is 9.78 Å². The van der Waals surface area contributed by atoms with Gasteiger partial charge in [-0.3, -0.25) is 4.90 Å². The minimum Gasteiger partial charge on any atom is -0.477 e. The number of aliphatic hydroxyl groups is 1. The number of carbonyl (C=O) groups is 1. The van der Waals surface area contributed by atoms with Crippen LogP contribution in [0.15, 0.2) is 18.3 Å². The first-order valence-electron chi connectivity index (χ1n) is 16.1. The molecule has 2 amide bonds. The van der Waals surface area contributed by atoms with E-state index in [-0.39, 0.29) is 17.7 Å². The Kier molecular flexibility index (Phi) is 6.93. The Morgan fingerprint density at radius 3 is 2.12 bits per heavy atom. The predicted octanol–water partition coefficient (Wildman–Crippen LogP) is 4.13. The molecule has 4 saturated carbocycles. The van der Waals surface area contributed by atoms with Crippen LogP contribution in [0.4, 0.5) is 10.5 Å². The molecule has 1 aromatic rings. The molecule has 1 aromatic heterocycles. The number of ether oxygens (including phenoxy) is 1. The number of aromatic nitrogens is 1. The van der Waals surface area contributed by atoms with Crippen LogP contribution in [-0.2, 0) is 0 Å². The molecule has 3 saturated heterocycles. The van der Waals surface area contributed by atoms with Crippen LogP contribution in [0.1, 0.15) is 72.1 Å². The number of piperazine rings is 1. The topological polar surface area (TPSA) is 81.2 Å². The van der Waals surface area contributed by atoms with Gasteiger partial charge in [-0.1, -0.05) is 0 Å². The van der Waals surface area contributed by atoms with Crippen LogP contribution >= 0.6 is 0 Å². The molecule has 4 heterocycles. The number of nitrogens with zero attached hydrogens (tertiary/aromatic N) is 4. The zero-order valence-corrected chi connectivity index (χ0v) is 24.7. The number of urea groups is 1. The van der Waals surface area contributed by atoms with Crippen molar-refractivity contribution in [3.8, 4) is 5.88 Å². The van der Waals surface area contributed by atoms with E-state index in [1.807, 2.05) is 12.3 Å². The van der Waals surface area contributed by atoms with Gasteiger partial charge in [0.25, 0.3) is 0 Å². The molecule has 0 aromatic carbocycles. The Labute approximate surface area is 239 Å². The molecule has 0 radical (unpaired) electrons. The molecule has 7 fully saturated rings. The molecule has 6 bridgehead atoms. The Morgan fingerprint density at radius 1 is 0.950 bits per heavy atom. The number of rotatable bonds is 5. The summed E-state index contributed by atoms with van der Waals surface area (Å²) in [5, 5.41) is 14.0. The maximum absolute atomic E-state index is 13.5. The molecule has 3 aliphatic heterocycles. The second-order valence-electron chi connectivity index (χ2n) is 14.9. The number of carbonyl (C=O) groups excluding carboxylic acids is 1. The van der Waals surface area contributed by atoms with Crippen molar-refractivity contribution in [3.63, 3.8) is 0 Å². The molecule has 4 aliphatic carbocycles.